The summed E-state index contributed by atoms with van der Waals surface area (Å²) < 4.78 is 18.7. The smallest absolute Gasteiger partial charge is 0.188 e. The Bertz CT molecular complexity index is 1160. The molecule has 11 atom stereocenters. The van der Waals surface area contributed by atoms with Gasteiger partial charge in [-0.15, -0.1) is 0 Å². The average molecular weight is 483 g/mol. The van der Waals surface area contributed by atoms with Crippen LogP contribution in [0.4, 0.5) is 0 Å². The molecule has 2 unspecified atom stereocenters. The molecule has 4 fully saturated rings. The van der Waals surface area contributed by atoms with E-state index < -0.39 is 39.7 Å². The van der Waals surface area contributed by atoms with E-state index in [-0.39, 0.29) is 41.8 Å². The van der Waals surface area contributed by atoms with Crippen LogP contribution >= 0.6 is 0 Å². The molecule has 35 heavy (non-hydrogen) atoms. The summed E-state index contributed by atoms with van der Waals surface area (Å²) in [6.45, 7) is 7.84. The third-order valence-corrected chi connectivity index (χ3v) is 11.3. The molecular formula is C28H34O7. The van der Waals surface area contributed by atoms with Crippen molar-refractivity contribution < 1.29 is 34.0 Å². The summed E-state index contributed by atoms with van der Waals surface area (Å²) in [5, 5.41) is 22.1. The van der Waals surface area contributed by atoms with Gasteiger partial charge in [0.15, 0.2) is 17.9 Å². The zero-order valence-corrected chi connectivity index (χ0v) is 20.7. The molecule has 188 valence electrons. The van der Waals surface area contributed by atoms with Gasteiger partial charge in [-0.2, -0.15) is 0 Å². The maximum atomic E-state index is 13.3. The van der Waals surface area contributed by atoms with E-state index in [1.54, 1.807) is 19.1 Å². The van der Waals surface area contributed by atoms with E-state index in [1.165, 1.54) is 6.08 Å². The molecular weight excluding hydrogens is 448 g/mol. The molecule has 0 radical (unpaired) electrons. The molecule has 7 aliphatic rings. The summed E-state index contributed by atoms with van der Waals surface area (Å²) >= 11 is 0. The second-order valence-corrected chi connectivity index (χ2v) is 12.6. The minimum absolute atomic E-state index is 0.0349. The van der Waals surface area contributed by atoms with Crippen LogP contribution in [-0.2, 0) is 23.8 Å². The fourth-order valence-corrected chi connectivity index (χ4v) is 8.70. The minimum atomic E-state index is -1.70. The van der Waals surface area contributed by atoms with Crippen molar-refractivity contribution in [1.29, 1.82) is 0 Å². The fraction of sp³-hybridized carbons (Fsp3) is 0.714. The molecule has 7 heteroatoms. The molecule has 3 aliphatic heterocycles. The second-order valence-electron chi connectivity index (χ2n) is 12.6. The van der Waals surface area contributed by atoms with E-state index >= 15 is 0 Å². The average Bonchev–Trinajstić information content (AvgIpc) is 3.66. The van der Waals surface area contributed by atoms with Gasteiger partial charge >= 0.3 is 0 Å². The van der Waals surface area contributed by atoms with Gasteiger partial charge in [-0.25, -0.2) is 0 Å². The highest BCUT2D eigenvalue weighted by molar-refractivity contribution is 6.09. The summed E-state index contributed by atoms with van der Waals surface area (Å²) in [5.74, 6) is -0.723. The van der Waals surface area contributed by atoms with Crippen molar-refractivity contribution in [2.75, 3.05) is 0 Å². The van der Waals surface area contributed by atoms with E-state index in [1.807, 2.05) is 13.8 Å². The highest BCUT2D eigenvalue weighted by Gasteiger charge is 2.81. The van der Waals surface area contributed by atoms with Crippen LogP contribution in [0.2, 0.25) is 0 Å². The highest BCUT2D eigenvalue weighted by Crippen LogP contribution is 2.73. The zero-order valence-electron chi connectivity index (χ0n) is 20.7. The van der Waals surface area contributed by atoms with Crippen LogP contribution in [0.25, 0.3) is 0 Å². The summed E-state index contributed by atoms with van der Waals surface area (Å²) in [4.78, 5) is 26.5. The van der Waals surface area contributed by atoms with Crippen molar-refractivity contribution in [2.24, 2.45) is 23.2 Å². The van der Waals surface area contributed by atoms with E-state index in [4.69, 9.17) is 14.2 Å². The van der Waals surface area contributed by atoms with Gasteiger partial charge in [0.05, 0.1) is 11.5 Å². The van der Waals surface area contributed by atoms with E-state index in [0.717, 1.165) is 12.0 Å². The predicted molar refractivity (Wildman–Crippen MR) is 124 cm³/mol. The van der Waals surface area contributed by atoms with Crippen molar-refractivity contribution in [1.82, 2.24) is 0 Å². The number of fused-ring (bicyclic) bond motifs is 4. The Morgan fingerprint density at radius 2 is 1.86 bits per heavy atom. The van der Waals surface area contributed by atoms with Crippen LogP contribution in [0, 0.1) is 23.2 Å². The Hall–Kier alpha value is -1.64. The number of carbonyl (C=O) groups excluding carboxylic acids is 2. The normalized spacial score (nSPS) is 58.3. The number of aliphatic hydroxyl groups is 2. The largest absolute Gasteiger partial charge is 0.380 e. The standard InChI is InChI=1S/C28H34O7/c1-15(19-14-23(2)25(4,34-23)22(31)33-19)16-7-5-11-27-18-13-21(30)26(32)10-6-8-20(29)24(26,3)17(18)9-12-28(16,27)35-27/h5-8,13,15-17,19,22,31-32H,9-12,14H2,1-4H3/t15-,16+,17-,19?,22?,23+,24-,25-,26-,27-,28-/m0/s1. The van der Waals surface area contributed by atoms with Crippen molar-refractivity contribution in [3.63, 3.8) is 0 Å². The lowest BCUT2D eigenvalue weighted by molar-refractivity contribution is -0.199. The van der Waals surface area contributed by atoms with E-state index in [0.29, 0.717) is 19.3 Å². The first kappa shape index (κ1) is 22.5. The van der Waals surface area contributed by atoms with Gasteiger partial charge in [0.1, 0.15) is 28.0 Å². The number of carbonyl (C=O) groups is 2. The molecule has 0 aromatic rings. The monoisotopic (exact) mass is 482 g/mol. The third-order valence-electron chi connectivity index (χ3n) is 11.3. The third kappa shape index (κ3) is 2.28. The first-order valence-electron chi connectivity index (χ1n) is 13.0. The summed E-state index contributed by atoms with van der Waals surface area (Å²) in [6, 6.07) is 0. The minimum Gasteiger partial charge on any atom is -0.380 e. The Labute approximate surface area is 205 Å². The maximum Gasteiger partial charge on any atom is 0.188 e. The highest BCUT2D eigenvalue weighted by atomic mass is 16.7. The molecule has 2 N–H and O–H groups in total. The van der Waals surface area contributed by atoms with Crippen molar-refractivity contribution in [3.05, 3.63) is 36.0 Å². The molecule has 0 aromatic carbocycles. The molecule has 7 nitrogen and oxygen atoms in total. The van der Waals surface area contributed by atoms with Gasteiger partial charge in [-0.3, -0.25) is 9.59 Å². The molecule has 0 bridgehead atoms. The van der Waals surface area contributed by atoms with E-state index in [2.05, 4.69) is 19.1 Å². The molecule has 3 saturated heterocycles. The number of ketones is 2. The zero-order chi connectivity index (χ0) is 24.8. The van der Waals surface area contributed by atoms with Gasteiger partial charge in [0.2, 0.25) is 0 Å². The molecule has 0 aromatic heterocycles. The second kappa shape index (κ2) is 6.25. The Balaban J connectivity index is 1.24. The van der Waals surface area contributed by atoms with Gasteiger partial charge < -0.3 is 24.4 Å². The Kier molecular flexibility index (Phi) is 4.03. The quantitative estimate of drug-likeness (QED) is 0.460. The lowest BCUT2D eigenvalue weighted by atomic mass is 9.47. The van der Waals surface area contributed by atoms with Crippen LogP contribution in [0.1, 0.15) is 59.8 Å². The maximum absolute atomic E-state index is 13.3. The van der Waals surface area contributed by atoms with Crippen LogP contribution in [0.15, 0.2) is 36.0 Å². The van der Waals surface area contributed by atoms with Crippen molar-refractivity contribution >= 4 is 11.6 Å². The van der Waals surface area contributed by atoms with Crippen molar-refractivity contribution in [2.45, 2.75) is 100 Å². The van der Waals surface area contributed by atoms with E-state index in [9.17, 15) is 19.8 Å². The lowest BCUT2D eigenvalue weighted by Gasteiger charge is -2.54. The molecule has 0 amide bonds. The number of ether oxygens (including phenoxy) is 3. The number of hydrogen-bond acceptors (Lipinski definition) is 7. The summed E-state index contributed by atoms with van der Waals surface area (Å²) in [6.07, 6.45) is 10.9. The van der Waals surface area contributed by atoms with Gasteiger partial charge in [0.25, 0.3) is 0 Å². The van der Waals surface area contributed by atoms with Gasteiger partial charge in [-0.1, -0.05) is 25.2 Å². The summed E-state index contributed by atoms with van der Waals surface area (Å²) in [5.41, 5.74) is -4.16. The first-order valence-corrected chi connectivity index (χ1v) is 13.0. The predicted octanol–water partition coefficient (Wildman–Crippen LogP) is 2.55. The van der Waals surface area contributed by atoms with Crippen LogP contribution in [-0.4, -0.2) is 62.2 Å². The first-order chi connectivity index (χ1) is 16.4. The number of aliphatic hydroxyl groups excluding tert-OH is 1. The number of rotatable bonds is 2. The molecule has 0 spiro atoms. The van der Waals surface area contributed by atoms with Crippen LogP contribution < -0.4 is 0 Å². The number of allylic oxidation sites excluding steroid dienone is 1. The Morgan fingerprint density at radius 1 is 1.09 bits per heavy atom. The number of epoxide rings is 2. The van der Waals surface area contributed by atoms with Crippen molar-refractivity contribution in [3.8, 4) is 0 Å². The fourth-order valence-electron chi connectivity index (χ4n) is 8.70. The van der Waals surface area contributed by atoms with Crippen LogP contribution in [0.5, 0.6) is 0 Å². The topological polar surface area (TPSA) is 109 Å². The van der Waals surface area contributed by atoms with Gasteiger partial charge in [-0.05, 0) is 63.2 Å². The SMILES string of the molecule is C[C@H](C1C[C@@]2(C)O[C@@]2(C)C(O)O1)[C@H]1C=CC[C@@]23O[C@@]12CC[C@H]1C3=CC(=O)[C@@]2(O)CC=CC(=O)[C@]12C. The molecule has 3 heterocycles. The molecule has 4 aliphatic carbocycles. The Morgan fingerprint density at radius 3 is 2.60 bits per heavy atom. The summed E-state index contributed by atoms with van der Waals surface area (Å²) in [7, 11) is 0. The van der Waals surface area contributed by atoms with Crippen LogP contribution in [0.3, 0.4) is 0 Å². The number of hydrogen-bond donors (Lipinski definition) is 2. The van der Waals surface area contributed by atoms with Gasteiger partial charge in [0, 0.05) is 25.2 Å². The lowest BCUT2D eigenvalue weighted by Crippen LogP contribution is -2.65. The molecule has 1 saturated carbocycles. The molecule has 7 rings (SSSR count).